The van der Waals surface area contributed by atoms with Gasteiger partial charge in [0.1, 0.15) is 0 Å². The summed E-state index contributed by atoms with van der Waals surface area (Å²) in [5.41, 5.74) is 1.26. The van der Waals surface area contributed by atoms with E-state index >= 15 is 0 Å². The highest BCUT2D eigenvalue weighted by Crippen LogP contribution is 2.31. The maximum atomic E-state index is 10.9. The molecule has 0 aliphatic rings. The average Bonchev–Trinajstić information content (AvgIpc) is 2.54. The number of ketones is 1. The molecule has 0 aliphatic heterocycles. The van der Waals surface area contributed by atoms with Crippen LogP contribution in [0.15, 0.2) is 30.3 Å². The van der Waals surface area contributed by atoms with Crippen molar-refractivity contribution in [1.82, 2.24) is 0 Å². The van der Waals surface area contributed by atoms with E-state index in [4.69, 9.17) is 0 Å². The van der Waals surface area contributed by atoms with E-state index in [0.717, 1.165) is 0 Å². The highest BCUT2D eigenvalue weighted by atomic mass is 32.1. The highest BCUT2D eigenvalue weighted by molar-refractivity contribution is 7.20. The lowest BCUT2D eigenvalue weighted by Gasteiger charge is -1.90. The maximum Gasteiger partial charge on any atom is 0.152 e. The monoisotopic (exact) mass is 216 g/mol. The SMILES string of the molecule is CC(=O)/C=C\c1sc2ccccc2c1C. The molecular formula is C13H12OS. The van der Waals surface area contributed by atoms with E-state index < -0.39 is 0 Å². The van der Waals surface area contributed by atoms with Gasteiger partial charge in [-0.25, -0.2) is 0 Å². The topological polar surface area (TPSA) is 17.1 Å². The fourth-order valence-corrected chi connectivity index (χ4v) is 2.66. The number of benzene rings is 1. The molecule has 1 heterocycles. The molecule has 0 N–H and O–H groups in total. The van der Waals surface area contributed by atoms with E-state index in [0.29, 0.717) is 0 Å². The van der Waals surface area contributed by atoms with Crippen molar-refractivity contribution in [3.63, 3.8) is 0 Å². The van der Waals surface area contributed by atoms with Gasteiger partial charge in [0.05, 0.1) is 0 Å². The second-order valence-corrected chi connectivity index (χ2v) is 4.62. The largest absolute Gasteiger partial charge is 0.295 e. The van der Waals surface area contributed by atoms with E-state index in [1.54, 1.807) is 24.3 Å². The summed E-state index contributed by atoms with van der Waals surface area (Å²) in [5.74, 6) is 0.0897. The van der Waals surface area contributed by atoms with Gasteiger partial charge in [0.25, 0.3) is 0 Å². The van der Waals surface area contributed by atoms with Crippen LogP contribution in [0.5, 0.6) is 0 Å². The van der Waals surface area contributed by atoms with Crippen molar-refractivity contribution in [3.05, 3.63) is 40.8 Å². The lowest BCUT2D eigenvalue weighted by atomic mass is 10.1. The number of aryl methyl sites for hydroxylation is 1. The standard InChI is InChI=1S/C13H12OS/c1-9(14)7-8-12-10(2)11-5-3-4-6-13(11)15-12/h3-8H,1-2H3/b8-7-. The van der Waals surface area contributed by atoms with Crippen molar-refractivity contribution in [1.29, 1.82) is 0 Å². The number of hydrogen-bond donors (Lipinski definition) is 0. The van der Waals surface area contributed by atoms with E-state index in [1.807, 2.05) is 18.2 Å². The molecule has 0 saturated heterocycles. The van der Waals surface area contributed by atoms with Gasteiger partial charge >= 0.3 is 0 Å². The molecule has 2 aromatic rings. The van der Waals surface area contributed by atoms with Crippen LogP contribution in [-0.2, 0) is 4.79 Å². The van der Waals surface area contributed by atoms with Crippen LogP contribution in [0.2, 0.25) is 0 Å². The molecule has 0 atom stereocenters. The third-order valence-electron chi connectivity index (χ3n) is 2.35. The van der Waals surface area contributed by atoms with Gasteiger partial charge in [0.15, 0.2) is 5.78 Å². The molecule has 0 amide bonds. The Labute approximate surface area is 93.1 Å². The normalized spacial score (nSPS) is 11.3. The Hall–Kier alpha value is -1.41. The Balaban J connectivity index is 2.53. The second-order valence-electron chi connectivity index (χ2n) is 3.53. The summed E-state index contributed by atoms with van der Waals surface area (Å²) >= 11 is 1.73. The molecule has 76 valence electrons. The first-order valence-corrected chi connectivity index (χ1v) is 5.67. The first-order valence-electron chi connectivity index (χ1n) is 4.85. The fraction of sp³-hybridized carbons (Fsp3) is 0.154. The summed E-state index contributed by atoms with van der Waals surface area (Å²) in [6.45, 7) is 3.66. The first kappa shape index (κ1) is 10.1. The number of fused-ring (bicyclic) bond motifs is 1. The Bertz CT molecular complexity index is 534. The Kier molecular flexibility index (Phi) is 2.69. The number of carbonyl (C=O) groups excluding carboxylic acids is 1. The summed E-state index contributed by atoms with van der Waals surface area (Å²) in [5, 5.41) is 1.28. The predicted molar refractivity (Wildman–Crippen MR) is 66.3 cm³/mol. The number of hydrogen-bond acceptors (Lipinski definition) is 2. The summed E-state index contributed by atoms with van der Waals surface area (Å²) in [6, 6.07) is 8.31. The Morgan fingerprint density at radius 3 is 2.73 bits per heavy atom. The molecule has 0 saturated carbocycles. The summed E-state index contributed by atoms with van der Waals surface area (Å²) in [6.07, 6.45) is 3.53. The molecule has 1 aromatic heterocycles. The van der Waals surface area contributed by atoms with Gasteiger partial charge in [0, 0.05) is 9.58 Å². The number of carbonyl (C=O) groups is 1. The Morgan fingerprint density at radius 1 is 1.33 bits per heavy atom. The molecule has 0 unspecified atom stereocenters. The fourth-order valence-electron chi connectivity index (χ4n) is 1.55. The summed E-state index contributed by atoms with van der Waals surface area (Å²) in [4.78, 5) is 12.0. The number of rotatable bonds is 2. The van der Waals surface area contributed by atoms with Gasteiger partial charge in [-0.1, -0.05) is 18.2 Å². The van der Waals surface area contributed by atoms with Crippen molar-refractivity contribution in [2.75, 3.05) is 0 Å². The zero-order valence-corrected chi connectivity index (χ0v) is 9.60. The van der Waals surface area contributed by atoms with Gasteiger partial charge in [-0.05, 0) is 43.0 Å². The van der Waals surface area contributed by atoms with Crippen LogP contribution in [0.1, 0.15) is 17.4 Å². The third-order valence-corrected chi connectivity index (χ3v) is 3.59. The molecule has 1 aromatic carbocycles. The van der Waals surface area contributed by atoms with E-state index in [9.17, 15) is 4.79 Å². The van der Waals surface area contributed by atoms with Crippen molar-refractivity contribution in [2.45, 2.75) is 13.8 Å². The summed E-state index contributed by atoms with van der Waals surface area (Å²) in [7, 11) is 0. The minimum atomic E-state index is 0.0897. The minimum absolute atomic E-state index is 0.0897. The van der Waals surface area contributed by atoms with Gasteiger partial charge in [-0.15, -0.1) is 11.3 Å². The van der Waals surface area contributed by atoms with Crippen LogP contribution in [0.3, 0.4) is 0 Å². The molecule has 1 nitrogen and oxygen atoms in total. The van der Waals surface area contributed by atoms with Crippen molar-refractivity contribution < 1.29 is 4.79 Å². The van der Waals surface area contributed by atoms with Crippen LogP contribution in [-0.4, -0.2) is 5.78 Å². The van der Waals surface area contributed by atoms with Crippen LogP contribution < -0.4 is 0 Å². The molecule has 0 aliphatic carbocycles. The van der Waals surface area contributed by atoms with Gasteiger partial charge in [-0.3, -0.25) is 4.79 Å². The smallest absolute Gasteiger partial charge is 0.152 e. The van der Waals surface area contributed by atoms with Crippen LogP contribution in [0.25, 0.3) is 16.2 Å². The molecule has 2 rings (SSSR count). The first-order chi connectivity index (χ1) is 7.18. The average molecular weight is 216 g/mol. The number of thiophene rings is 1. The zero-order chi connectivity index (χ0) is 10.8. The van der Waals surface area contributed by atoms with Gasteiger partial charge in [-0.2, -0.15) is 0 Å². The predicted octanol–water partition coefficient (Wildman–Crippen LogP) is 3.81. The quantitative estimate of drug-likeness (QED) is 0.698. The number of allylic oxidation sites excluding steroid dienone is 1. The van der Waals surface area contributed by atoms with E-state index in [1.165, 1.54) is 20.5 Å². The van der Waals surface area contributed by atoms with Crippen molar-refractivity contribution in [3.8, 4) is 0 Å². The van der Waals surface area contributed by atoms with E-state index in [2.05, 4.69) is 19.1 Å². The van der Waals surface area contributed by atoms with E-state index in [-0.39, 0.29) is 5.78 Å². The molecule has 2 heteroatoms. The van der Waals surface area contributed by atoms with Crippen molar-refractivity contribution in [2.24, 2.45) is 0 Å². The highest BCUT2D eigenvalue weighted by Gasteiger charge is 2.04. The van der Waals surface area contributed by atoms with Crippen LogP contribution >= 0.6 is 11.3 Å². The molecule has 0 radical (unpaired) electrons. The molecule has 0 fully saturated rings. The third kappa shape index (κ3) is 2.00. The lowest BCUT2D eigenvalue weighted by Crippen LogP contribution is -1.79. The van der Waals surface area contributed by atoms with Crippen LogP contribution in [0, 0.1) is 6.92 Å². The molecule has 0 spiro atoms. The second kappa shape index (κ2) is 3.99. The van der Waals surface area contributed by atoms with Crippen molar-refractivity contribution >= 4 is 33.3 Å². The van der Waals surface area contributed by atoms with Gasteiger partial charge < -0.3 is 0 Å². The molecule has 0 bridgehead atoms. The van der Waals surface area contributed by atoms with Crippen LogP contribution in [0.4, 0.5) is 0 Å². The zero-order valence-electron chi connectivity index (χ0n) is 8.78. The lowest BCUT2D eigenvalue weighted by molar-refractivity contribution is -0.112. The maximum absolute atomic E-state index is 10.9. The molecule has 15 heavy (non-hydrogen) atoms. The van der Waals surface area contributed by atoms with Gasteiger partial charge in [0.2, 0.25) is 0 Å². The summed E-state index contributed by atoms with van der Waals surface area (Å²) < 4.78 is 1.28. The molecular weight excluding hydrogens is 204 g/mol. The minimum Gasteiger partial charge on any atom is -0.295 e. The Morgan fingerprint density at radius 2 is 2.07 bits per heavy atom.